The van der Waals surface area contributed by atoms with E-state index >= 15 is 8.78 Å². The van der Waals surface area contributed by atoms with Gasteiger partial charge in [-0.3, -0.25) is 4.90 Å². The number of ether oxygens (including phenoxy) is 2. The van der Waals surface area contributed by atoms with E-state index in [1.54, 1.807) is 23.1 Å². The van der Waals surface area contributed by atoms with Crippen molar-refractivity contribution in [2.24, 2.45) is 0 Å². The fourth-order valence-corrected chi connectivity index (χ4v) is 14.4. The lowest BCUT2D eigenvalue weighted by atomic mass is 9.96. The highest BCUT2D eigenvalue weighted by Crippen LogP contribution is 2.46. The summed E-state index contributed by atoms with van der Waals surface area (Å²) in [6.07, 6.45) is 1.09. The van der Waals surface area contributed by atoms with Crippen LogP contribution in [0.5, 0.6) is 5.88 Å². The normalized spacial score (nSPS) is 19.6. The van der Waals surface area contributed by atoms with Gasteiger partial charge in [0.05, 0.1) is 23.7 Å². The quantitative estimate of drug-likeness (QED) is 0.151. The number of fused-ring (bicyclic) bond motifs is 6. The van der Waals surface area contributed by atoms with Crippen molar-refractivity contribution in [2.75, 3.05) is 18.1 Å². The van der Waals surface area contributed by atoms with Gasteiger partial charge >= 0.3 is 6.09 Å². The van der Waals surface area contributed by atoms with Crippen LogP contribution in [0.4, 0.5) is 19.4 Å². The summed E-state index contributed by atoms with van der Waals surface area (Å²) in [5.41, 5.74) is 4.30. The first-order valence-electron chi connectivity index (χ1n) is 18.5. The van der Waals surface area contributed by atoms with Crippen LogP contribution in [0.3, 0.4) is 0 Å². The Labute approximate surface area is 310 Å². The Bertz CT molecular complexity index is 2230. The van der Waals surface area contributed by atoms with E-state index in [0.29, 0.717) is 45.3 Å². The Hall–Kier alpha value is -4.81. The lowest BCUT2D eigenvalue weighted by molar-refractivity contribution is 0.00539. The Kier molecular flexibility index (Phi) is 9.13. The smallest absolute Gasteiger partial charge is 0.410 e. The minimum Gasteiger partial charge on any atom is -0.475 e. The number of halogens is 2. The molecular formula is C41H46F2N6O3Si. The molecule has 3 aliphatic rings. The van der Waals surface area contributed by atoms with Gasteiger partial charge in [-0.05, 0) is 61.7 Å². The van der Waals surface area contributed by atoms with Crippen LogP contribution in [0.2, 0.25) is 16.6 Å². The predicted molar refractivity (Wildman–Crippen MR) is 204 cm³/mol. The van der Waals surface area contributed by atoms with Crippen LogP contribution in [0.1, 0.15) is 86.5 Å². The number of amides is 1. The zero-order chi connectivity index (χ0) is 38.1. The van der Waals surface area contributed by atoms with Crippen molar-refractivity contribution >= 4 is 41.7 Å². The molecule has 0 aliphatic carbocycles. The second kappa shape index (κ2) is 13.2. The summed E-state index contributed by atoms with van der Waals surface area (Å²) in [4.78, 5) is 31.0. The highest BCUT2D eigenvalue weighted by molar-refractivity contribution is 6.90. The maximum Gasteiger partial charge on any atom is 0.410 e. The van der Waals surface area contributed by atoms with Crippen molar-refractivity contribution in [1.82, 2.24) is 19.9 Å². The molecule has 3 atom stereocenters. The van der Waals surface area contributed by atoms with Gasteiger partial charge in [-0.25, -0.2) is 28.5 Å². The highest BCUT2D eigenvalue weighted by Gasteiger charge is 2.52. The van der Waals surface area contributed by atoms with Crippen LogP contribution in [0, 0.1) is 34.4 Å². The van der Waals surface area contributed by atoms with E-state index in [-0.39, 0.29) is 64.7 Å². The molecule has 276 valence electrons. The molecule has 2 aromatic carbocycles. The molecule has 5 heterocycles. The highest BCUT2D eigenvalue weighted by atomic mass is 28.3. The third-order valence-electron chi connectivity index (χ3n) is 11.4. The summed E-state index contributed by atoms with van der Waals surface area (Å²) in [7, 11) is -2.26. The van der Waals surface area contributed by atoms with E-state index in [4.69, 9.17) is 14.5 Å². The number of benzene rings is 2. The van der Waals surface area contributed by atoms with Crippen LogP contribution in [-0.2, 0) is 4.74 Å². The predicted octanol–water partition coefficient (Wildman–Crippen LogP) is 8.91. The van der Waals surface area contributed by atoms with E-state index in [1.165, 1.54) is 6.07 Å². The van der Waals surface area contributed by atoms with Crippen molar-refractivity contribution in [1.29, 1.82) is 5.26 Å². The zero-order valence-corrected chi connectivity index (χ0v) is 32.8. The van der Waals surface area contributed by atoms with Crippen molar-refractivity contribution in [3.8, 4) is 34.7 Å². The van der Waals surface area contributed by atoms with Gasteiger partial charge in [0.2, 0.25) is 11.7 Å². The SMILES string of the molecule is CC(C)[Si](C#Cc1c(F)ccc2cccc(-c3nc4c5c(nc(C#N)nc5c3F)N3CC5CCC([C@H]3CO4)N5C(=O)OC(C)(C)C)c12)(C(C)C)C(C)C. The van der Waals surface area contributed by atoms with E-state index in [0.717, 1.165) is 12.8 Å². The number of carbonyl (C=O) groups excluding carboxylic acids is 1. The van der Waals surface area contributed by atoms with Crippen LogP contribution < -0.4 is 9.64 Å². The van der Waals surface area contributed by atoms with Crippen molar-refractivity contribution in [2.45, 2.75) is 116 Å². The molecule has 2 aromatic heterocycles. The molecule has 0 N–H and O–H groups in total. The molecule has 12 heteroatoms. The minimum absolute atomic E-state index is 0.0860. The van der Waals surface area contributed by atoms with Gasteiger partial charge in [0.1, 0.15) is 54.6 Å². The molecule has 2 unspecified atom stereocenters. The third kappa shape index (κ3) is 5.96. The van der Waals surface area contributed by atoms with Crippen LogP contribution in [0.25, 0.3) is 32.9 Å². The summed E-state index contributed by atoms with van der Waals surface area (Å²) in [5, 5.41) is 11.4. The van der Waals surface area contributed by atoms with Crippen LogP contribution in [0.15, 0.2) is 30.3 Å². The third-order valence-corrected chi connectivity index (χ3v) is 17.7. The first-order chi connectivity index (χ1) is 25.1. The molecule has 53 heavy (non-hydrogen) atoms. The number of nitriles is 1. The molecular weight excluding hydrogens is 691 g/mol. The molecule has 1 amide bonds. The van der Waals surface area contributed by atoms with Gasteiger partial charge in [0.25, 0.3) is 0 Å². The van der Waals surface area contributed by atoms with Crippen molar-refractivity contribution < 1.29 is 23.0 Å². The molecule has 2 saturated heterocycles. The van der Waals surface area contributed by atoms with Gasteiger partial charge in [-0.1, -0.05) is 71.7 Å². The monoisotopic (exact) mass is 736 g/mol. The number of pyridine rings is 1. The van der Waals surface area contributed by atoms with E-state index in [2.05, 4.69) is 63.0 Å². The van der Waals surface area contributed by atoms with Crippen molar-refractivity contribution in [3.63, 3.8) is 0 Å². The molecule has 0 spiro atoms. The first kappa shape index (κ1) is 36.5. The number of aromatic nitrogens is 3. The molecule has 3 aliphatic heterocycles. The molecule has 2 fully saturated rings. The Morgan fingerprint density at radius 3 is 2.36 bits per heavy atom. The zero-order valence-electron chi connectivity index (χ0n) is 31.8. The second-order valence-corrected chi connectivity index (χ2v) is 22.1. The summed E-state index contributed by atoms with van der Waals surface area (Å²) in [5.74, 6) is 2.28. The van der Waals surface area contributed by atoms with Gasteiger partial charge in [0, 0.05) is 17.5 Å². The van der Waals surface area contributed by atoms with Gasteiger partial charge in [0.15, 0.2) is 5.82 Å². The van der Waals surface area contributed by atoms with E-state index in [9.17, 15) is 10.1 Å². The van der Waals surface area contributed by atoms with E-state index in [1.807, 2.05) is 37.8 Å². The standard InChI is InChI=1S/C41H46F2N6O3Si/c1-22(2)53(23(3)4,24(5)6)18-17-27-29(42)15-13-25-11-10-12-28(33(25)27)36-35(43)37-34-38(46-32(19-44)45-37)48-20-26-14-16-30(31(48)21-51-39(34)47-36)49(26)40(50)52-41(7,8)9/h10-13,15,22-24,26,30-31H,14,16,20-21H2,1-9H3/t26?,30?,31-/m1/s1. The Morgan fingerprint density at radius 1 is 0.981 bits per heavy atom. The maximum absolute atomic E-state index is 17.2. The molecule has 0 saturated carbocycles. The van der Waals surface area contributed by atoms with E-state index < -0.39 is 25.3 Å². The number of nitrogens with zero attached hydrogens (tertiary/aromatic N) is 6. The van der Waals surface area contributed by atoms with Gasteiger partial charge in [-0.15, -0.1) is 5.54 Å². The first-order valence-corrected chi connectivity index (χ1v) is 20.8. The number of hydrogen-bond acceptors (Lipinski definition) is 8. The summed E-state index contributed by atoms with van der Waals surface area (Å²) in [6.45, 7) is 19.2. The Balaban J connectivity index is 1.41. The molecule has 7 rings (SSSR count). The number of piperazine rings is 1. The molecule has 2 bridgehead atoms. The van der Waals surface area contributed by atoms with Crippen LogP contribution >= 0.6 is 0 Å². The average Bonchev–Trinajstić information content (AvgIpc) is 3.33. The lowest BCUT2D eigenvalue weighted by Gasteiger charge is -2.46. The number of rotatable bonds is 4. The second-order valence-electron chi connectivity index (χ2n) is 16.5. The number of hydrogen-bond donors (Lipinski definition) is 0. The largest absolute Gasteiger partial charge is 0.475 e. The number of anilines is 1. The fourth-order valence-electron chi connectivity index (χ4n) is 9.19. The topological polar surface area (TPSA) is 104 Å². The summed E-state index contributed by atoms with van der Waals surface area (Å²) in [6, 6.07) is 9.61. The summed E-state index contributed by atoms with van der Waals surface area (Å²) >= 11 is 0. The average molecular weight is 737 g/mol. The summed E-state index contributed by atoms with van der Waals surface area (Å²) < 4.78 is 45.4. The Morgan fingerprint density at radius 2 is 1.70 bits per heavy atom. The van der Waals surface area contributed by atoms with Crippen molar-refractivity contribution in [3.05, 3.63) is 53.4 Å². The van der Waals surface area contributed by atoms with Crippen LogP contribution in [-0.4, -0.2) is 70.9 Å². The van der Waals surface area contributed by atoms with Gasteiger partial charge in [-0.2, -0.15) is 5.26 Å². The number of carbonyl (C=O) groups is 1. The molecule has 9 nitrogen and oxygen atoms in total. The fraction of sp³-hybridized carbons (Fsp3) is 0.488. The molecule has 4 aromatic rings. The minimum atomic E-state index is -2.26. The lowest BCUT2D eigenvalue weighted by Crippen LogP contribution is -2.63. The maximum atomic E-state index is 17.2. The molecule has 0 radical (unpaired) electrons. The van der Waals surface area contributed by atoms with Gasteiger partial charge < -0.3 is 14.4 Å².